The average Bonchev–Trinajstić information content (AvgIpc) is 3.12. The summed E-state index contributed by atoms with van der Waals surface area (Å²) in [5.41, 5.74) is 6.18. The first kappa shape index (κ1) is 26.4. The molecule has 0 aliphatic rings. The maximum atomic E-state index is 11.8. The van der Waals surface area contributed by atoms with E-state index >= 15 is 0 Å². The Morgan fingerprint density at radius 3 is 2.30 bits per heavy atom. The Hall–Kier alpha value is -2.88. The minimum atomic E-state index is -0.0443. The second-order valence-corrected chi connectivity index (χ2v) is 8.09. The van der Waals surface area contributed by atoms with Crippen LogP contribution in [-0.4, -0.2) is 28.7 Å². The van der Waals surface area contributed by atoms with Gasteiger partial charge in [-0.3, -0.25) is 9.79 Å². The largest absolute Gasteiger partial charge is 0.352 e. The molecule has 176 valence electrons. The van der Waals surface area contributed by atoms with Gasteiger partial charge in [-0.25, -0.2) is 4.68 Å². The maximum Gasteiger partial charge on any atom is 0.226 e. The van der Waals surface area contributed by atoms with Gasteiger partial charge in [0.1, 0.15) is 0 Å². The number of nitrogens with zero attached hydrogens (tertiary/aromatic N) is 3. The van der Waals surface area contributed by atoms with E-state index in [4.69, 9.17) is 0 Å². The first-order valence-electron chi connectivity index (χ1n) is 10.8. The third-order valence-corrected chi connectivity index (χ3v) is 5.11. The molecule has 0 saturated heterocycles. The highest BCUT2D eigenvalue weighted by Crippen LogP contribution is 2.17. The van der Waals surface area contributed by atoms with Crippen LogP contribution >= 0.6 is 24.0 Å². The first-order chi connectivity index (χ1) is 15.4. The van der Waals surface area contributed by atoms with Crippen molar-refractivity contribution in [2.24, 2.45) is 10.9 Å². The Morgan fingerprint density at radius 1 is 1.03 bits per heavy atom. The summed E-state index contributed by atoms with van der Waals surface area (Å²) < 4.78 is 1.97. The highest BCUT2D eigenvalue weighted by atomic mass is 127. The normalized spacial score (nSPS) is 11.2. The van der Waals surface area contributed by atoms with Crippen molar-refractivity contribution in [2.75, 3.05) is 12.4 Å². The van der Waals surface area contributed by atoms with E-state index in [9.17, 15) is 4.79 Å². The van der Waals surface area contributed by atoms with Gasteiger partial charge in [0.15, 0.2) is 5.96 Å². The number of nitrogens with one attached hydrogen (secondary N) is 3. The number of halogens is 1. The van der Waals surface area contributed by atoms with Crippen LogP contribution < -0.4 is 16.0 Å². The summed E-state index contributed by atoms with van der Waals surface area (Å²) in [6, 6.07) is 18.1. The predicted octanol–water partition coefficient (Wildman–Crippen LogP) is 4.57. The Kier molecular flexibility index (Phi) is 9.90. The number of benzene rings is 2. The fraction of sp³-hybridized carbons (Fsp3) is 0.320. The lowest BCUT2D eigenvalue weighted by molar-refractivity contribution is -0.118. The van der Waals surface area contributed by atoms with Crippen molar-refractivity contribution in [3.63, 3.8) is 0 Å². The Balaban J connectivity index is 0.00000385. The number of amides is 1. The molecular weight excluding hydrogens is 527 g/mol. The highest BCUT2D eigenvalue weighted by molar-refractivity contribution is 14.0. The fourth-order valence-corrected chi connectivity index (χ4v) is 3.32. The van der Waals surface area contributed by atoms with Crippen LogP contribution in [0, 0.1) is 19.8 Å². The monoisotopic (exact) mass is 560 g/mol. The topological polar surface area (TPSA) is 83.3 Å². The quantitative estimate of drug-likeness (QED) is 0.225. The number of carbonyl (C=O) groups is 1. The van der Waals surface area contributed by atoms with Gasteiger partial charge in [0.05, 0.1) is 11.4 Å². The van der Waals surface area contributed by atoms with Crippen molar-refractivity contribution in [1.82, 2.24) is 20.4 Å². The van der Waals surface area contributed by atoms with Crippen LogP contribution in [0.3, 0.4) is 0 Å². The molecule has 0 bridgehead atoms. The van der Waals surface area contributed by atoms with E-state index in [1.807, 2.05) is 61.9 Å². The van der Waals surface area contributed by atoms with Crippen molar-refractivity contribution in [3.05, 3.63) is 77.1 Å². The lowest BCUT2D eigenvalue weighted by Crippen LogP contribution is -2.36. The second kappa shape index (κ2) is 12.4. The number of rotatable bonds is 7. The van der Waals surface area contributed by atoms with E-state index in [1.54, 1.807) is 7.05 Å². The molecule has 33 heavy (non-hydrogen) atoms. The van der Waals surface area contributed by atoms with E-state index in [2.05, 4.69) is 51.2 Å². The number of aliphatic imine (C=N–C) groups is 1. The average molecular weight is 560 g/mol. The van der Waals surface area contributed by atoms with E-state index < -0.39 is 0 Å². The molecule has 1 heterocycles. The van der Waals surface area contributed by atoms with Gasteiger partial charge < -0.3 is 16.0 Å². The maximum absolute atomic E-state index is 11.8. The molecule has 0 fully saturated rings. The number of hydrogen-bond acceptors (Lipinski definition) is 3. The lowest BCUT2D eigenvalue weighted by atomic mass is 10.1. The Bertz CT molecular complexity index is 1090. The smallest absolute Gasteiger partial charge is 0.226 e. The van der Waals surface area contributed by atoms with Crippen LogP contribution in [0.2, 0.25) is 0 Å². The fourth-order valence-electron chi connectivity index (χ4n) is 3.32. The molecule has 0 radical (unpaired) electrons. The van der Waals surface area contributed by atoms with Crippen molar-refractivity contribution < 1.29 is 4.79 Å². The van der Waals surface area contributed by atoms with Gasteiger partial charge in [0.2, 0.25) is 5.91 Å². The standard InChI is InChI=1S/C25H32N6O.HI/c1-17(2)24(32)29-22-12-10-20(11-13-22)15-27-25(26-5)28-16-21-8-6-7-9-23(21)31-19(4)14-18(3)30-31;/h6-14,17H,15-16H2,1-5H3,(H,29,32)(H2,26,27,28);1H. The zero-order valence-electron chi connectivity index (χ0n) is 19.8. The minimum Gasteiger partial charge on any atom is -0.352 e. The minimum absolute atomic E-state index is 0. The van der Waals surface area contributed by atoms with Gasteiger partial charge in [0.25, 0.3) is 0 Å². The molecular formula is C25H33IN6O. The summed E-state index contributed by atoms with van der Waals surface area (Å²) in [4.78, 5) is 16.2. The molecule has 3 aromatic rings. The number of carbonyl (C=O) groups excluding carboxylic acids is 1. The molecule has 3 N–H and O–H groups in total. The number of aryl methyl sites for hydroxylation is 2. The van der Waals surface area contributed by atoms with Crippen LogP contribution in [0.4, 0.5) is 5.69 Å². The van der Waals surface area contributed by atoms with Crippen LogP contribution in [-0.2, 0) is 17.9 Å². The third-order valence-electron chi connectivity index (χ3n) is 5.11. The van der Waals surface area contributed by atoms with Gasteiger partial charge in [-0.05, 0) is 49.2 Å². The van der Waals surface area contributed by atoms with Gasteiger partial charge in [-0.1, -0.05) is 44.2 Å². The summed E-state index contributed by atoms with van der Waals surface area (Å²) in [6.07, 6.45) is 0. The van der Waals surface area contributed by atoms with Gasteiger partial charge in [-0.2, -0.15) is 5.10 Å². The summed E-state index contributed by atoms with van der Waals surface area (Å²) in [5, 5.41) is 14.2. The van der Waals surface area contributed by atoms with Crippen molar-refractivity contribution >= 4 is 41.5 Å². The highest BCUT2D eigenvalue weighted by Gasteiger charge is 2.10. The summed E-state index contributed by atoms with van der Waals surface area (Å²) in [6.45, 7) is 9.06. The van der Waals surface area contributed by atoms with E-state index in [-0.39, 0.29) is 35.8 Å². The van der Waals surface area contributed by atoms with E-state index in [0.717, 1.165) is 33.9 Å². The van der Waals surface area contributed by atoms with E-state index in [1.165, 1.54) is 0 Å². The number of aromatic nitrogens is 2. The van der Waals surface area contributed by atoms with Crippen molar-refractivity contribution in [3.8, 4) is 5.69 Å². The molecule has 1 amide bonds. The van der Waals surface area contributed by atoms with Gasteiger partial charge >= 0.3 is 0 Å². The van der Waals surface area contributed by atoms with Crippen molar-refractivity contribution in [2.45, 2.75) is 40.8 Å². The molecule has 0 atom stereocenters. The number of guanidine groups is 1. The summed E-state index contributed by atoms with van der Waals surface area (Å²) in [5.74, 6) is 0.684. The van der Waals surface area contributed by atoms with Crippen molar-refractivity contribution in [1.29, 1.82) is 0 Å². The molecule has 0 aliphatic heterocycles. The van der Waals surface area contributed by atoms with Crippen LogP contribution in [0.15, 0.2) is 59.6 Å². The van der Waals surface area contributed by atoms with Crippen LogP contribution in [0.5, 0.6) is 0 Å². The Morgan fingerprint density at radius 2 is 1.70 bits per heavy atom. The molecule has 0 spiro atoms. The summed E-state index contributed by atoms with van der Waals surface area (Å²) in [7, 11) is 1.76. The number of para-hydroxylation sites is 1. The Labute approximate surface area is 213 Å². The zero-order chi connectivity index (χ0) is 23.1. The SMILES string of the molecule is CN=C(NCc1ccc(NC(=O)C(C)C)cc1)NCc1ccccc1-n1nc(C)cc1C.I. The van der Waals surface area contributed by atoms with Gasteiger partial charge in [-0.15, -0.1) is 24.0 Å². The summed E-state index contributed by atoms with van der Waals surface area (Å²) >= 11 is 0. The first-order valence-corrected chi connectivity index (χ1v) is 10.8. The van der Waals surface area contributed by atoms with E-state index in [0.29, 0.717) is 19.0 Å². The molecule has 1 aromatic heterocycles. The van der Waals surface area contributed by atoms with Crippen LogP contribution in [0.25, 0.3) is 5.69 Å². The lowest BCUT2D eigenvalue weighted by Gasteiger charge is -2.15. The van der Waals surface area contributed by atoms with Crippen LogP contribution in [0.1, 0.15) is 36.4 Å². The van der Waals surface area contributed by atoms with Gasteiger partial charge in [0, 0.05) is 37.4 Å². The molecule has 0 unspecified atom stereocenters. The molecule has 8 heteroatoms. The molecule has 0 aliphatic carbocycles. The molecule has 2 aromatic carbocycles. The second-order valence-electron chi connectivity index (χ2n) is 8.09. The number of hydrogen-bond donors (Lipinski definition) is 3. The molecule has 3 rings (SSSR count). The molecule has 7 nitrogen and oxygen atoms in total. The molecule has 0 saturated carbocycles. The third kappa shape index (κ3) is 7.31. The predicted molar refractivity (Wildman–Crippen MR) is 145 cm³/mol. The number of anilines is 1. The zero-order valence-corrected chi connectivity index (χ0v) is 22.2.